The Morgan fingerprint density at radius 2 is 1.72 bits per heavy atom. The Bertz CT molecular complexity index is 800. The van der Waals surface area contributed by atoms with Crippen molar-refractivity contribution in [2.75, 3.05) is 5.32 Å². The molecule has 0 aromatic heterocycles. The molecule has 5 nitrogen and oxygen atoms in total. The Kier molecular flexibility index (Phi) is 5.53. The molecule has 0 aliphatic heterocycles. The van der Waals surface area contributed by atoms with Gasteiger partial charge in [0.1, 0.15) is 0 Å². The largest absolute Gasteiger partial charge is 0.416 e. The van der Waals surface area contributed by atoms with Gasteiger partial charge in [-0.2, -0.15) is 18.3 Å². The lowest BCUT2D eigenvalue weighted by Crippen LogP contribution is -2.32. The van der Waals surface area contributed by atoms with Crippen LogP contribution >= 0.6 is 0 Å². The molecule has 0 unspecified atom stereocenters. The molecule has 0 aliphatic carbocycles. The fraction of sp³-hybridized carbons (Fsp3) is 0.118. The Morgan fingerprint density at radius 1 is 1.04 bits per heavy atom. The van der Waals surface area contributed by atoms with Gasteiger partial charge in [0.2, 0.25) is 0 Å². The molecule has 0 bridgehead atoms. The predicted octanol–water partition coefficient (Wildman–Crippen LogP) is 3.10. The van der Waals surface area contributed by atoms with Gasteiger partial charge in [-0.1, -0.05) is 35.9 Å². The number of amides is 2. The lowest BCUT2D eigenvalue weighted by Gasteiger charge is -2.09. The number of anilines is 1. The smallest absolute Gasteiger partial charge is 0.318 e. The van der Waals surface area contributed by atoms with Crippen LogP contribution < -0.4 is 10.7 Å². The third-order valence-corrected chi connectivity index (χ3v) is 3.11. The maximum Gasteiger partial charge on any atom is 0.416 e. The SMILES string of the molecule is Cc1ccc(/C=N/NC(=O)C(=O)Nc2cccc(C(F)(F)F)c2)cc1. The minimum atomic E-state index is -4.54. The number of carbonyl (C=O) groups excluding carboxylic acids is 2. The van der Waals surface area contributed by atoms with Gasteiger partial charge in [-0.15, -0.1) is 0 Å². The van der Waals surface area contributed by atoms with E-state index in [1.54, 1.807) is 12.1 Å². The van der Waals surface area contributed by atoms with Gasteiger partial charge in [0.25, 0.3) is 0 Å². The molecule has 8 heteroatoms. The van der Waals surface area contributed by atoms with E-state index in [2.05, 4.69) is 10.4 Å². The molecule has 0 fully saturated rings. The van der Waals surface area contributed by atoms with Crippen molar-refractivity contribution in [3.05, 3.63) is 65.2 Å². The van der Waals surface area contributed by atoms with Gasteiger partial charge < -0.3 is 5.32 Å². The number of rotatable bonds is 3. The van der Waals surface area contributed by atoms with Gasteiger partial charge in [0.05, 0.1) is 11.8 Å². The summed E-state index contributed by atoms with van der Waals surface area (Å²) in [6.07, 6.45) is -3.20. The number of benzene rings is 2. The van der Waals surface area contributed by atoms with Crippen molar-refractivity contribution < 1.29 is 22.8 Å². The van der Waals surface area contributed by atoms with Crippen LogP contribution in [0.5, 0.6) is 0 Å². The molecule has 0 aliphatic rings. The average Bonchev–Trinajstić information content (AvgIpc) is 2.56. The molecular weight excluding hydrogens is 335 g/mol. The van der Waals surface area contributed by atoms with Crippen molar-refractivity contribution >= 4 is 23.7 Å². The van der Waals surface area contributed by atoms with Gasteiger partial charge >= 0.3 is 18.0 Å². The van der Waals surface area contributed by atoms with E-state index in [0.717, 1.165) is 23.8 Å². The highest BCUT2D eigenvalue weighted by molar-refractivity contribution is 6.39. The summed E-state index contributed by atoms with van der Waals surface area (Å²) in [7, 11) is 0. The normalized spacial score (nSPS) is 11.4. The Labute approximate surface area is 141 Å². The van der Waals surface area contributed by atoms with E-state index in [4.69, 9.17) is 0 Å². The summed E-state index contributed by atoms with van der Waals surface area (Å²) in [6.45, 7) is 1.92. The van der Waals surface area contributed by atoms with Gasteiger partial charge in [-0.25, -0.2) is 5.43 Å². The Hall–Kier alpha value is -3.16. The standard InChI is InChI=1S/C17H14F3N3O2/c1-11-5-7-12(8-6-11)10-21-23-16(25)15(24)22-14-4-2-3-13(9-14)17(18,19)20/h2-10H,1H3,(H,22,24)(H,23,25)/b21-10+. The first-order valence-electron chi connectivity index (χ1n) is 7.14. The molecule has 2 rings (SSSR count). The number of nitrogens with one attached hydrogen (secondary N) is 2. The predicted molar refractivity (Wildman–Crippen MR) is 87.0 cm³/mol. The van der Waals surface area contributed by atoms with Gasteiger partial charge in [-0.3, -0.25) is 9.59 Å². The lowest BCUT2D eigenvalue weighted by molar-refractivity contribution is -0.137. The lowest BCUT2D eigenvalue weighted by atomic mass is 10.2. The van der Waals surface area contributed by atoms with Gasteiger partial charge in [-0.05, 0) is 30.7 Å². The number of nitrogens with zero attached hydrogens (tertiary/aromatic N) is 1. The van der Waals surface area contributed by atoms with Crippen LogP contribution in [-0.4, -0.2) is 18.0 Å². The third kappa shape index (κ3) is 5.45. The minimum absolute atomic E-state index is 0.141. The molecule has 2 aromatic rings. The van der Waals surface area contributed by atoms with Crippen molar-refractivity contribution in [3.8, 4) is 0 Å². The first kappa shape index (κ1) is 18.2. The van der Waals surface area contributed by atoms with Crippen molar-refractivity contribution in [2.45, 2.75) is 13.1 Å². The molecule has 25 heavy (non-hydrogen) atoms. The van der Waals surface area contributed by atoms with E-state index in [-0.39, 0.29) is 5.69 Å². The van der Waals surface area contributed by atoms with Gasteiger partial charge in [0, 0.05) is 5.69 Å². The molecule has 130 valence electrons. The van der Waals surface area contributed by atoms with Crippen LogP contribution in [0, 0.1) is 6.92 Å². The Balaban J connectivity index is 1.94. The molecule has 0 atom stereocenters. The summed E-state index contributed by atoms with van der Waals surface area (Å²) in [5.74, 6) is -2.22. The minimum Gasteiger partial charge on any atom is -0.318 e. The number of hydrazone groups is 1. The summed E-state index contributed by atoms with van der Waals surface area (Å²) in [6, 6.07) is 11.2. The molecule has 0 saturated heterocycles. The maximum atomic E-state index is 12.6. The monoisotopic (exact) mass is 349 g/mol. The number of hydrogen-bond acceptors (Lipinski definition) is 3. The average molecular weight is 349 g/mol. The van der Waals surface area contributed by atoms with Crippen LogP contribution in [0.25, 0.3) is 0 Å². The van der Waals surface area contributed by atoms with Crippen LogP contribution in [0.2, 0.25) is 0 Å². The second-order valence-corrected chi connectivity index (χ2v) is 5.14. The highest BCUT2D eigenvalue weighted by Crippen LogP contribution is 2.30. The number of aryl methyl sites for hydroxylation is 1. The van der Waals surface area contributed by atoms with E-state index >= 15 is 0 Å². The van der Waals surface area contributed by atoms with Gasteiger partial charge in [0.15, 0.2) is 0 Å². The highest BCUT2D eigenvalue weighted by atomic mass is 19.4. The first-order valence-corrected chi connectivity index (χ1v) is 7.14. The molecule has 0 saturated carbocycles. The summed E-state index contributed by atoms with van der Waals surface area (Å²) in [5, 5.41) is 5.71. The topological polar surface area (TPSA) is 70.6 Å². The van der Waals surface area contributed by atoms with E-state index in [9.17, 15) is 22.8 Å². The van der Waals surface area contributed by atoms with Crippen molar-refractivity contribution in [3.63, 3.8) is 0 Å². The van der Waals surface area contributed by atoms with E-state index in [1.165, 1.54) is 12.3 Å². The second-order valence-electron chi connectivity index (χ2n) is 5.14. The van der Waals surface area contributed by atoms with Crippen LogP contribution in [0.1, 0.15) is 16.7 Å². The zero-order chi connectivity index (χ0) is 18.4. The summed E-state index contributed by atoms with van der Waals surface area (Å²) in [4.78, 5) is 23.3. The van der Waals surface area contributed by atoms with Crippen LogP contribution in [-0.2, 0) is 15.8 Å². The summed E-state index contributed by atoms with van der Waals surface area (Å²) < 4.78 is 37.8. The molecule has 2 amide bonds. The molecule has 2 N–H and O–H groups in total. The quantitative estimate of drug-likeness (QED) is 0.508. The molecule has 0 heterocycles. The zero-order valence-electron chi connectivity index (χ0n) is 13.1. The molecule has 0 radical (unpaired) electrons. The molecule has 2 aromatic carbocycles. The first-order chi connectivity index (χ1) is 11.8. The van der Waals surface area contributed by atoms with Crippen molar-refractivity contribution in [2.24, 2.45) is 5.10 Å². The van der Waals surface area contributed by atoms with E-state index in [0.29, 0.717) is 5.56 Å². The van der Waals surface area contributed by atoms with E-state index in [1.807, 2.05) is 24.5 Å². The number of carbonyl (C=O) groups is 2. The van der Waals surface area contributed by atoms with E-state index < -0.39 is 23.6 Å². The third-order valence-electron chi connectivity index (χ3n) is 3.11. The zero-order valence-corrected chi connectivity index (χ0v) is 13.1. The van der Waals surface area contributed by atoms with Crippen LogP contribution in [0.4, 0.5) is 18.9 Å². The fourth-order valence-electron chi connectivity index (χ4n) is 1.83. The number of alkyl halides is 3. The Morgan fingerprint density at radius 3 is 2.36 bits per heavy atom. The number of halogens is 3. The highest BCUT2D eigenvalue weighted by Gasteiger charge is 2.30. The summed E-state index contributed by atoms with van der Waals surface area (Å²) >= 11 is 0. The summed E-state index contributed by atoms with van der Waals surface area (Å²) in [5.41, 5.74) is 2.71. The van der Waals surface area contributed by atoms with Crippen LogP contribution in [0.3, 0.4) is 0 Å². The second kappa shape index (κ2) is 7.61. The van der Waals surface area contributed by atoms with Crippen LogP contribution in [0.15, 0.2) is 53.6 Å². The van der Waals surface area contributed by atoms with Crippen molar-refractivity contribution in [1.29, 1.82) is 0 Å². The van der Waals surface area contributed by atoms with Crippen molar-refractivity contribution in [1.82, 2.24) is 5.43 Å². The maximum absolute atomic E-state index is 12.6. The molecular formula is C17H14F3N3O2. The molecule has 0 spiro atoms. The fourth-order valence-corrected chi connectivity index (χ4v) is 1.83. The number of hydrogen-bond donors (Lipinski definition) is 2.